The summed E-state index contributed by atoms with van der Waals surface area (Å²) >= 11 is 0. The molecule has 0 heterocycles. The van der Waals surface area contributed by atoms with Crippen LogP contribution in [0.2, 0.25) is 0 Å². The fourth-order valence-electron chi connectivity index (χ4n) is 2.06. The number of ether oxygens (including phenoxy) is 1. The van der Waals surface area contributed by atoms with Gasteiger partial charge in [-0.25, -0.2) is 0 Å². The average Bonchev–Trinajstić information content (AvgIpc) is 2.26. The lowest BCUT2D eigenvalue weighted by molar-refractivity contribution is -0.148. The highest BCUT2D eigenvalue weighted by Crippen LogP contribution is 2.09. The molecule has 0 aliphatic heterocycles. The molecule has 18 heavy (non-hydrogen) atoms. The lowest BCUT2D eigenvalue weighted by Crippen LogP contribution is -2.27. The quantitative estimate of drug-likeness (QED) is 0.418. The zero-order valence-corrected chi connectivity index (χ0v) is 12.7. The van der Waals surface area contributed by atoms with Crippen LogP contribution in [0.4, 0.5) is 0 Å². The van der Waals surface area contributed by atoms with Crippen LogP contribution < -0.4 is 0 Å². The summed E-state index contributed by atoms with van der Waals surface area (Å²) in [7, 11) is 3.97. The fraction of sp³-hybridized carbons (Fsp3) is 0.933. The van der Waals surface area contributed by atoms with Gasteiger partial charge in [0.05, 0.1) is 0 Å². The van der Waals surface area contributed by atoms with Gasteiger partial charge in [-0.2, -0.15) is 0 Å². The van der Waals surface area contributed by atoms with Gasteiger partial charge < -0.3 is 9.64 Å². The predicted molar refractivity (Wildman–Crippen MR) is 76.7 cm³/mol. The van der Waals surface area contributed by atoms with Crippen molar-refractivity contribution in [1.29, 1.82) is 0 Å². The molecule has 108 valence electrons. The molecule has 0 saturated carbocycles. The standard InChI is InChI=1S/C15H31NO2/c1-5-6-7-8-9-10-11-12-15(17)18-14(2)13-16(3)4/h14H,5-13H2,1-4H3. The van der Waals surface area contributed by atoms with Crippen LogP contribution in [0.25, 0.3) is 0 Å². The second-order valence-electron chi connectivity index (χ2n) is 5.43. The van der Waals surface area contributed by atoms with Crippen LogP contribution in [0, 0.1) is 0 Å². The Hall–Kier alpha value is -0.570. The van der Waals surface area contributed by atoms with Crippen molar-refractivity contribution in [3.63, 3.8) is 0 Å². The van der Waals surface area contributed by atoms with Crippen LogP contribution in [-0.2, 0) is 9.53 Å². The maximum Gasteiger partial charge on any atom is 0.306 e. The second-order valence-corrected chi connectivity index (χ2v) is 5.43. The Balaban J connectivity index is 3.36. The molecule has 0 aliphatic rings. The summed E-state index contributed by atoms with van der Waals surface area (Å²) in [6.07, 6.45) is 9.21. The highest BCUT2D eigenvalue weighted by Gasteiger charge is 2.09. The largest absolute Gasteiger partial charge is 0.461 e. The Labute approximate surface area is 113 Å². The Bertz CT molecular complexity index is 205. The number of hydrogen-bond acceptors (Lipinski definition) is 3. The van der Waals surface area contributed by atoms with Crippen LogP contribution in [-0.4, -0.2) is 37.6 Å². The number of rotatable bonds is 11. The minimum Gasteiger partial charge on any atom is -0.461 e. The molecule has 1 atom stereocenters. The van der Waals surface area contributed by atoms with Crippen LogP contribution in [0.1, 0.15) is 65.2 Å². The molecule has 0 fully saturated rings. The maximum absolute atomic E-state index is 11.5. The molecule has 1 unspecified atom stereocenters. The fourth-order valence-corrected chi connectivity index (χ4v) is 2.06. The molecular weight excluding hydrogens is 226 g/mol. The van der Waals surface area contributed by atoms with E-state index >= 15 is 0 Å². The first-order valence-electron chi connectivity index (χ1n) is 7.40. The third kappa shape index (κ3) is 11.9. The molecule has 0 aliphatic carbocycles. The molecule has 0 rings (SSSR count). The first-order valence-corrected chi connectivity index (χ1v) is 7.40. The maximum atomic E-state index is 11.5. The number of esters is 1. The van der Waals surface area contributed by atoms with Crippen molar-refractivity contribution in [2.75, 3.05) is 20.6 Å². The topological polar surface area (TPSA) is 29.5 Å². The highest BCUT2D eigenvalue weighted by molar-refractivity contribution is 5.69. The summed E-state index contributed by atoms with van der Waals surface area (Å²) in [5.41, 5.74) is 0. The number of nitrogens with zero attached hydrogens (tertiary/aromatic N) is 1. The van der Waals surface area contributed by atoms with Gasteiger partial charge in [-0.3, -0.25) is 4.79 Å². The molecule has 3 nitrogen and oxygen atoms in total. The van der Waals surface area contributed by atoms with Crippen molar-refractivity contribution in [3.8, 4) is 0 Å². The summed E-state index contributed by atoms with van der Waals surface area (Å²) in [5.74, 6) is -0.0436. The summed E-state index contributed by atoms with van der Waals surface area (Å²) in [4.78, 5) is 13.6. The molecule has 0 spiro atoms. The number of carbonyl (C=O) groups excluding carboxylic acids is 1. The number of carbonyl (C=O) groups is 1. The summed E-state index contributed by atoms with van der Waals surface area (Å²) < 4.78 is 5.33. The van der Waals surface area contributed by atoms with E-state index < -0.39 is 0 Å². The van der Waals surface area contributed by atoms with E-state index in [1.54, 1.807) is 0 Å². The minimum atomic E-state index is -0.0436. The lowest BCUT2D eigenvalue weighted by atomic mass is 10.1. The molecule has 0 aromatic heterocycles. The summed E-state index contributed by atoms with van der Waals surface area (Å²) in [6, 6.07) is 0. The van der Waals surface area contributed by atoms with E-state index in [1.807, 2.05) is 25.9 Å². The molecule has 0 saturated heterocycles. The third-order valence-electron chi connectivity index (χ3n) is 2.94. The van der Waals surface area contributed by atoms with Crippen molar-refractivity contribution in [2.45, 2.75) is 71.3 Å². The van der Waals surface area contributed by atoms with E-state index in [9.17, 15) is 4.79 Å². The number of hydrogen-bond donors (Lipinski definition) is 0. The van der Waals surface area contributed by atoms with Crippen molar-refractivity contribution >= 4 is 5.97 Å². The highest BCUT2D eigenvalue weighted by atomic mass is 16.5. The molecule has 0 aromatic rings. The van der Waals surface area contributed by atoms with Gasteiger partial charge in [0.2, 0.25) is 0 Å². The first-order chi connectivity index (χ1) is 8.56. The number of unbranched alkanes of at least 4 members (excludes halogenated alkanes) is 6. The van der Waals surface area contributed by atoms with Gasteiger partial charge in [-0.05, 0) is 27.4 Å². The van der Waals surface area contributed by atoms with E-state index in [0.29, 0.717) is 6.42 Å². The van der Waals surface area contributed by atoms with Crippen LogP contribution in [0.5, 0.6) is 0 Å². The van der Waals surface area contributed by atoms with E-state index in [4.69, 9.17) is 4.74 Å². The Morgan fingerprint density at radius 1 is 1.06 bits per heavy atom. The lowest BCUT2D eigenvalue weighted by Gasteiger charge is -2.17. The first kappa shape index (κ1) is 17.4. The van der Waals surface area contributed by atoms with Gasteiger partial charge in [0.15, 0.2) is 0 Å². The zero-order valence-electron chi connectivity index (χ0n) is 12.7. The monoisotopic (exact) mass is 257 g/mol. The van der Waals surface area contributed by atoms with Gasteiger partial charge in [0.25, 0.3) is 0 Å². The number of likely N-dealkylation sites (N-methyl/N-ethyl adjacent to an activating group) is 1. The van der Waals surface area contributed by atoms with Crippen molar-refractivity contribution in [1.82, 2.24) is 4.90 Å². The van der Waals surface area contributed by atoms with Gasteiger partial charge in [-0.15, -0.1) is 0 Å². The molecule has 0 bridgehead atoms. The van der Waals surface area contributed by atoms with Gasteiger partial charge >= 0.3 is 5.97 Å². The van der Waals surface area contributed by atoms with Gasteiger partial charge in [0, 0.05) is 13.0 Å². The van der Waals surface area contributed by atoms with Crippen LogP contribution >= 0.6 is 0 Å². The molecule has 0 aromatic carbocycles. The Morgan fingerprint density at radius 2 is 1.61 bits per heavy atom. The van der Waals surface area contributed by atoms with E-state index in [0.717, 1.165) is 19.4 Å². The zero-order chi connectivity index (χ0) is 13.8. The van der Waals surface area contributed by atoms with E-state index in [2.05, 4.69) is 6.92 Å². The van der Waals surface area contributed by atoms with Crippen molar-refractivity contribution in [3.05, 3.63) is 0 Å². The summed E-state index contributed by atoms with van der Waals surface area (Å²) in [6.45, 7) is 4.97. The molecular formula is C15H31NO2. The van der Waals surface area contributed by atoms with Gasteiger partial charge in [-0.1, -0.05) is 45.4 Å². The van der Waals surface area contributed by atoms with E-state index in [1.165, 1.54) is 32.1 Å². The average molecular weight is 257 g/mol. The SMILES string of the molecule is CCCCCCCCCC(=O)OC(C)CN(C)C. The van der Waals surface area contributed by atoms with Crippen molar-refractivity contribution in [2.24, 2.45) is 0 Å². The molecule has 0 amide bonds. The normalized spacial score (nSPS) is 12.7. The molecule has 0 radical (unpaired) electrons. The van der Waals surface area contributed by atoms with Gasteiger partial charge in [0.1, 0.15) is 6.10 Å². The summed E-state index contributed by atoms with van der Waals surface area (Å²) in [5, 5.41) is 0. The predicted octanol–water partition coefficient (Wildman–Crippen LogP) is 3.62. The third-order valence-corrected chi connectivity index (χ3v) is 2.94. The van der Waals surface area contributed by atoms with Crippen LogP contribution in [0.3, 0.4) is 0 Å². The molecule has 3 heteroatoms. The molecule has 0 N–H and O–H groups in total. The Morgan fingerprint density at radius 3 is 2.17 bits per heavy atom. The Kier molecular flexibility index (Phi) is 11.2. The second kappa shape index (κ2) is 11.5. The van der Waals surface area contributed by atoms with E-state index in [-0.39, 0.29) is 12.1 Å². The smallest absolute Gasteiger partial charge is 0.306 e. The van der Waals surface area contributed by atoms with Crippen LogP contribution in [0.15, 0.2) is 0 Å². The minimum absolute atomic E-state index is 0.00273. The van der Waals surface area contributed by atoms with Crippen molar-refractivity contribution < 1.29 is 9.53 Å².